The molecule has 0 unspecified atom stereocenters. The third-order valence-corrected chi connectivity index (χ3v) is 4.23. The molecule has 1 aromatic heterocycles. The minimum Gasteiger partial charge on any atom is -0.343 e. The number of anilines is 1. The van der Waals surface area contributed by atoms with Gasteiger partial charge in [0.2, 0.25) is 5.91 Å². The van der Waals surface area contributed by atoms with Crippen molar-refractivity contribution in [1.29, 1.82) is 0 Å². The van der Waals surface area contributed by atoms with Crippen molar-refractivity contribution in [2.24, 2.45) is 5.92 Å². The Labute approximate surface area is 129 Å². The number of carbonyl (C=O) groups is 2. The number of amides is 3. The first-order valence-electron chi connectivity index (χ1n) is 7.42. The van der Waals surface area contributed by atoms with E-state index in [2.05, 4.69) is 24.5 Å². The SMILES string of the molecule is CC(C)CC(=O)N1CCC(NC(=O)Nc2ccsc2)CC1. The minimum absolute atomic E-state index is 0.145. The standard InChI is InChI=1S/C15H23N3O2S/c1-11(2)9-14(19)18-6-3-12(4-7-18)16-15(20)17-13-5-8-21-10-13/h5,8,10-12H,3-4,6-7,9H2,1-2H3,(H2,16,17,20). The minimum atomic E-state index is -0.166. The third kappa shape index (κ3) is 5.04. The number of thiophene rings is 1. The summed E-state index contributed by atoms with van der Waals surface area (Å²) in [5.41, 5.74) is 0.821. The molecule has 0 spiro atoms. The lowest BCUT2D eigenvalue weighted by atomic mass is 10.0. The summed E-state index contributed by atoms with van der Waals surface area (Å²) in [6, 6.07) is 1.85. The summed E-state index contributed by atoms with van der Waals surface area (Å²) in [5.74, 6) is 0.621. The highest BCUT2D eigenvalue weighted by atomic mass is 32.1. The molecule has 0 saturated carbocycles. The van der Waals surface area contributed by atoms with Gasteiger partial charge in [0.05, 0.1) is 5.69 Å². The maximum atomic E-state index is 12.0. The van der Waals surface area contributed by atoms with Crippen molar-refractivity contribution >= 4 is 29.0 Å². The maximum absolute atomic E-state index is 12.0. The Hall–Kier alpha value is -1.56. The molecule has 0 bridgehead atoms. The van der Waals surface area contributed by atoms with Crippen molar-refractivity contribution in [1.82, 2.24) is 10.2 Å². The molecular weight excluding hydrogens is 286 g/mol. The second kappa shape index (κ2) is 7.45. The Kier molecular flexibility index (Phi) is 5.61. The number of rotatable bonds is 4. The lowest BCUT2D eigenvalue weighted by molar-refractivity contribution is -0.133. The van der Waals surface area contributed by atoms with Gasteiger partial charge in [0.25, 0.3) is 0 Å². The fraction of sp³-hybridized carbons (Fsp3) is 0.600. The van der Waals surface area contributed by atoms with Crippen LogP contribution in [0.3, 0.4) is 0 Å². The van der Waals surface area contributed by atoms with Crippen LogP contribution in [0.4, 0.5) is 10.5 Å². The van der Waals surface area contributed by atoms with E-state index in [0.29, 0.717) is 12.3 Å². The summed E-state index contributed by atoms with van der Waals surface area (Å²) in [6.07, 6.45) is 2.25. The molecule has 1 fully saturated rings. The highest BCUT2D eigenvalue weighted by molar-refractivity contribution is 7.08. The normalized spacial score (nSPS) is 16.0. The number of hydrogen-bond acceptors (Lipinski definition) is 3. The molecule has 2 N–H and O–H groups in total. The monoisotopic (exact) mass is 309 g/mol. The van der Waals surface area contributed by atoms with E-state index in [1.165, 1.54) is 0 Å². The van der Waals surface area contributed by atoms with Crippen LogP contribution >= 0.6 is 11.3 Å². The fourth-order valence-electron chi connectivity index (χ4n) is 2.44. The van der Waals surface area contributed by atoms with Gasteiger partial charge in [0.1, 0.15) is 0 Å². The van der Waals surface area contributed by atoms with Crippen molar-refractivity contribution in [3.05, 3.63) is 16.8 Å². The first kappa shape index (κ1) is 15.8. The Bertz CT molecular complexity index is 465. The van der Waals surface area contributed by atoms with Gasteiger partial charge in [-0.3, -0.25) is 4.79 Å². The molecule has 1 aromatic rings. The van der Waals surface area contributed by atoms with Gasteiger partial charge in [0, 0.05) is 30.9 Å². The summed E-state index contributed by atoms with van der Waals surface area (Å²) in [5, 5.41) is 9.60. The van der Waals surface area contributed by atoms with Gasteiger partial charge in [-0.05, 0) is 30.2 Å². The van der Waals surface area contributed by atoms with Gasteiger partial charge < -0.3 is 15.5 Å². The van der Waals surface area contributed by atoms with E-state index in [1.54, 1.807) is 11.3 Å². The van der Waals surface area contributed by atoms with Gasteiger partial charge >= 0.3 is 6.03 Å². The van der Waals surface area contributed by atoms with Crippen molar-refractivity contribution in [2.75, 3.05) is 18.4 Å². The molecule has 0 aromatic carbocycles. The third-order valence-electron chi connectivity index (χ3n) is 3.54. The number of likely N-dealkylation sites (tertiary alicyclic amines) is 1. The highest BCUT2D eigenvalue weighted by Gasteiger charge is 2.24. The first-order chi connectivity index (χ1) is 10.0. The quantitative estimate of drug-likeness (QED) is 0.898. The number of hydrogen-bond donors (Lipinski definition) is 2. The van der Waals surface area contributed by atoms with E-state index in [4.69, 9.17) is 0 Å². The van der Waals surface area contributed by atoms with Gasteiger partial charge in [0.15, 0.2) is 0 Å². The van der Waals surface area contributed by atoms with E-state index in [9.17, 15) is 9.59 Å². The van der Waals surface area contributed by atoms with E-state index < -0.39 is 0 Å². The fourth-order valence-corrected chi connectivity index (χ4v) is 3.03. The largest absolute Gasteiger partial charge is 0.343 e. The lowest BCUT2D eigenvalue weighted by Crippen LogP contribution is -2.47. The van der Waals surface area contributed by atoms with Crippen LogP contribution < -0.4 is 10.6 Å². The van der Waals surface area contributed by atoms with Crippen LogP contribution in [-0.2, 0) is 4.79 Å². The smallest absolute Gasteiger partial charge is 0.319 e. The van der Waals surface area contributed by atoms with Gasteiger partial charge in [-0.25, -0.2) is 4.79 Å². The molecule has 21 heavy (non-hydrogen) atoms. The zero-order valence-electron chi connectivity index (χ0n) is 12.6. The van der Waals surface area contributed by atoms with Gasteiger partial charge in [-0.1, -0.05) is 13.8 Å². The first-order valence-corrected chi connectivity index (χ1v) is 8.36. The molecular formula is C15H23N3O2S. The Morgan fingerprint density at radius 1 is 1.38 bits per heavy atom. The predicted molar refractivity (Wildman–Crippen MR) is 85.5 cm³/mol. The molecule has 2 heterocycles. The van der Waals surface area contributed by atoms with Crippen LogP contribution in [0.15, 0.2) is 16.8 Å². The van der Waals surface area contributed by atoms with Crippen LogP contribution in [0.25, 0.3) is 0 Å². The zero-order chi connectivity index (χ0) is 15.2. The summed E-state index contributed by atoms with van der Waals surface area (Å²) >= 11 is 1.55. The maximum Gasteiger partial charge on any atom is 0.319 e. The number of carbonyl (C=O) groups excluding carboxylic acids is 2. The van der Waals surface area contributed by atoms with Crippen LogP contribution in [-0.4, -0.2) is 36.0 Å². The van der Waals surface area contributed by atoms with Crippen molar-refractivity contribution in [2.45, 2.75) is 39.2 Å². The van der Waals surface area contributed by atoms with E-state index >= 15 is 0 Å². The number of urea groups is 1. The van der Waals surface area contributed by atoms with Crippen molar-refractivity contribution < 1.29 is 9.59 Å². The molecule has 6 heteroatoms. The lowest BCUT2D eigenvalue weighted by Gasteiger charge is -2.32. The second-order valence-corrected chi connectivity index (χ2v) is 6.64. The molecule has 1 aliphatic heterocycles. The Balaban J connectivity index is 1.71. The van der Waals surface area contributed by atoms with Crippen molar-refractivity contribution in [3.63, 3.8) is 0 Å². The average molecular weight is 309 g/mol. The van der Waals surface area contributed by atoms with Gasteiger partial charge in [-0.15, -0.1) is 0 Å². The number of nitrogens with zero attached hydrogens (tertiary/aromatic N) is 1. The van der Waals surface area contributed by atoms with E-state index in [1.807, 2.05) is 21.7 Å². The van der Waals surface area contributed by atoms with Crippen LogP contribution in [0.1, 0.15) is 33.1 Å². The zero-order valence-corrected chi connectivity index (χ0v) is 13.4. The van der Waals surface area contributed by atoms with Crippen LogP contribution in [0.2, 0.25) is 0 Å². The average Bonchev–Trinajstić information content (AvgIpc) is 2.91. The summed E-state index contributed by atoms with van der Waals surface area (Å²) in [7, 11) is 0. The van der Waals surface area contributed by atoms with E-state index in [-0.39, 0.29) is 18.0 Å². The second-order valence-electron chi connectivity index (χ2n) is 5.86. The molecule has 1 aliphatic rings. The summed E-state index contributed by atoms with van der Waals surface area (Å²) in [4.78, 5) is 25.7. The van der Waals surface area contributed by atoms with Crippen molar-refractivity contribution in [3.8, 4) is 0 Å². The molecule has 0 aliphatic carbocycles. The molecule has 1 saturated heterocycles. The Morgan fingerprint density at radius 2 is 2.10 bits per heavy atom. The topological polar surface area (TPSA) is 61.4 Å². The van der Waals surface area contributed by atoms with Crippen LogP contribution in [0, 0.1) is 5.92 Å². The van der Waals surface area contributed by atoms with Gasteiger partial charge in [-0.2, -0.15) is 11.3 Å². The summed E-state index contributed by atoms with van der Waals surface area (Å²) < 4.78 is 0. The molecule has 116 valence electrons. The van der Waals surface area contributed by atoms with E-state index in [0.717, 1.165) is 31.6 Å². The number of nitrogens with one attached hydrogen (secondary N) is 2. The molecule has 0 radical (unpaired) electrons. The molecule has 0 atom stereocenters. The Morgan fingerprint density at radius 3 is 2.67 bits per heavy atom. The predicted octanol–water partition coefficient (Wildman–Crippen LogP) is 2.91. The number of piperidine rings is 1. The highest BCUT2D eigenvalue weighted by Crippen LogP contribution is 2.15. The molecule has 5 nitrogen and oxygen atoms in total. The summed E-state index contributed by atoms with van der Waals surface area (Å²) in [6.45, 7) is 5.58. The molecule has 3 amide bonds. The molecule has 2 rings (SSSR count). The van der Waals surface area contributed by atoms with Crippen LogP contribution in [0.5, 0.6) is 0 Å².